The molecule has 1 unspecified atom stereocenters. The van der Waals surface area contributed by atoms with E-state index < -0.39 is 0 Å². The zero-order chi connectivity index (χ0) is 9.26. The Hall–Kier alpha value is -0.300. The van der Waals surface area contributed by atoms with E-state index >= 15 is 0 Å². The zero-order valence-corrected chi connectivity index (χ0v) is 8.90. The number of hydrogen-bond acceptors (Lipinski definition) is 1. The van der Waals surface area contributed by atoms with Crippen molar-refractivity contribution in [2.24, 2.45) is 11.8 Å². The maximum atomic E-state index is 3.45. The van der Waals surface area contributed by atoms with E-state index in [0.29, 0.717) is 0 Å². The molecule has 0 amide bonds. The van der Waals surface area contributed by atoms with Crippen LogP contribution >= 0.6 is 0 Å². The van der Waals surface area contributed by atoms with Crippen LogP contribution in [-0.4, -0.2) is 13.1 Å². The van der Waals surface area contributed by atoms with Crippen LogP contribution in [0.1, 0.15) is 39.5 Å². The number of nitrogens with one attached hydrogen (secondary N) is 1. The van der Waals surface area contributed by atoms with Crippen LogP contribution in [0, 0.1) is 11.8 Å². The Labute approximate surface area is 81.6 Å². The van der Waals surface area contributed by atoms with Crippen molar-refractivity contribution in [3.63, 3.8) is 0 Å². The second kappa shape index (κ2) is 3.83. The summed E-state index contributed by atoms with van der Waals surface area (Å²) in [6, 6.07) is 0. The highest BCUT2D eigenvalue weighted by Gasteiger charge is 2.28. The lowest BCUT2D eigenvalue weighted by molar-refractivity contribution is 0.287. The first-order chi connectivity index (χ1) is 6.29. The Balaban J connectivity index is 2.00. The number of piperidine rings is 1. The molecule has 0 saturated carbocycles. The monoisotopic (exact) mass is 179 g/mol. The average Bonchev–Trinajstić information content (AvgIpc) is 2.49. The van der Waals surface area contributed by atoms with Gasteiger partial charge in [0.1, 0.15) is 0 Å². The fourth-order valence-corrected chi connectivity index (χ4v) is 2.94. The predicted molar refractivity (Wildman–Crippen MR) is 56.7 cm³/mol. The standard InChI is InChI=1S/C12H21N/c1-9-3-4-12(10(9)2)11-5-7-13-8-6-11/h11-13H,3-8H2,1-2H3. The second-order valence-electron chi connectivity index (χ2n) is 4.70. The van der Waals surface area contributed by atoms with Crippen LogP contribution < -0.4 is 5.32 Å². The first-order valence-electron chi connectivity index (χ1n) is 5.66. The molecule has 0 spiro atoms. The summed E-state index contributed by atoms with van der Waals surface area (Å²) < 4.78 is 0. The third-order valence-electron chi connectivity index (χ3n) is 4.01. The highest BCUT2D eigenvalue weighted by Crippen LogP contribution is 2.39. The molecule has 1 aliphatic heterocycles. The summed E-state index contributed by atoms with van der Waals surface area (Å²) in [6.07, 6.45) is 5.59. The maximum absolute atomic E-state index is 3.45. The molecule has 0 aromatic rings. The molecule has 13 heavy (non-hydrogen) atoms. The Morgan fingerprint density at radius 2 is 1.77 bits per heavy atom. The summed E-state index contributed by atoms with van der Waals surface area (Å²) >= 11 is 0. The summed E-state index contributed by atoms with van der Waals surface area (Å²) in [7, 11) is 0. The van der Waals surface area contributed by atoms with Gasteiger partial charge >= 0.3 is 0 Å². The minimum absolute atomic E-state index is 0.932. The normalized spacial score (nSPS) is 31.4. The number of rotatable bonds is 1. The van der Waals surface area contributed by atoms with Crippen molar-refractivity contribution in [1.82, 2.24) is 5.32 Å². The quantitative estimate of drug-likeness (QED) is 0.610. The minimum atomic E-state index is 0.932. The molecule has 0 aromatic heterocycles. The topological polar surface area (TPSA) is 12.0 Å². The fraction of sp³-hybridized carbons (Fsp3) is 0.833. The van der Waals surface area contributed by atoms with E-state index in [0.717, 1.165) is 11.8 Å². The van der Waals surface area contributed by atoms with Crippen molar-refractivity contribution >= 4 is 0 Å². The van der Waals surface area contributed by atoms with E-state index in [4.69, 9.17) is 0 Å². The van der Waals surface area contributed by atoms with Crippen LogP contribution in [0.3, 0.4) is 0 Å². The molecule has 1 heteroatoms. The van der Waals surface area contributed by atoms with Gasteiger partial charge < -0.3 is 5.32 Å². The van der Waals surface area contributed by atoms with Gasteiger partial charge in [0, 0.05) is 0 Å². The third kappa shape index (κ3) is 1.80. The number of allylic oxidation sites excluding steroid dienone is 2. The van der Waals surface area contributed by atoms with E-state index in [1.54, 1.807) is 11.1 Å². The van der Waals surface area contributed by atoms with Gasteiger partial charge in [-0.1, -0.05) is 11.1 Å². The fourth-order valence-electron chi connectivity index (χ4n) is 2.94. The van der Waals surface area contributed by atoms with Crippen molar-refractivity contribution in [1.29, 1.82) is 0 Å². The van der Waals surface area contributed by atoms with Crippen molar-refractivity contribution in [3.8, 4) is 0 Å². The van der Waals surface area contributed by atoms with E-state index in [1.807, 2.05) is 0 Å². The van der Waals surface area contributed by atoms with Crippen LogP contribution in [0.2, 0.25) is 0 Å². The summed E-state index contributed by atoms with van der Waals surface area (Å²) in [5, 5.41) is 3.45. The lowest BCUT2D eigenvalue weighted by Crippen LogP contribution is -2.31. The van der Waals surface area contributed by atoms with Gasteiger partial charge in [0.25, 0.3) is 0 Å². The van der Waals surface area contributed by atoms with Gasteiger partial charge in [-0.05, 0) is 64.5 Å². The molecule has 2 aliphatic rings. The lowest BCUT2D eigenvalue weighted by atomic mass is 9.81. The van der Waals surface area contributed by atoms with Crippen molar-refractivity contribution in [3.05, 3.63) is 11.1 Å². The molecular weight excluding hydrogens is 158 g/mol. The smallest absolute Gasteiger partial charge is 0.00461 e. The highest BCUT2D eigenvalue weighted by atomic mass is 14.9. The molecule has 1 nitrogen and oxygen atoms in total. The summed E-state index contributed by atoms with van der Waals surface area (Å²) in [5.74, 6) is 1.92. The van der Waals surface area contributed by atoms with Crippen LogP contribution in [0.5, 0.6) is 0 Å². The predicted octanol–water partition coefficient (Wildman–Crippen LogP) is 2.73. The molecule has 74 valence electrons. The van der Waals surface area contributed by atoms with Gasteiger partial charge in [-0.25, -0.2) is 0 Å². The highest BCUT2D eigenvalue weighted by molar-refractivity contribution is 5.20. The first kappa shape index (κ1) is 9.26. The van der Waals surface area contributed by atoms with Gasteiger partial charge in [-0.2, -0.15) is 0 Å². The number of hydrogen-bond donors (Lipinski definition) is 1. The van der Waals surface area contributed by atoms with Gasteiger partial charge in [-0.3, -0.25) is 0 Å². The Kier molecular flexibility index (Phi) is 2.73. The Bertz CT molecular complexity index is 211. The first-order valence-corrected chi connectivity index (χ1v) is 5.66. The van der Waals surface area contributed by atoms with Crippen LogP contribution in [0.15, 0.2) is 11.1 Å². The van der Waals surface area contributed by atoms with E-state index in [1.165, 1.54) is 38.8 Å². The van der Waals surface area contributed by atoms with E-state index in [9.17, 15) is 0 Å². The second-order valence-corrected chi connectivity index (χ2v) is 4.70. The van der Waals surface area contributed by atoms with Crippen LogP contribution in [-0.2, 0) is 0 Å². The molecule has 1 saturated heterocycles. The molecule has 1 N–H and O–H groups in total. The summed E-state index contributed by atoms with van der Waals surface area (Å²) in [6.45, 7) is 7.16. The summed E-state index contributed by atoms with van der Waals surface area (Å²) in [5.41, 5.74) is 3.38. The van der Waals surface area contributed by atoms with E-state index in [2.05, 4.69) is 19.2 Å². The van der Waals surface area contributed by atoms with Crippen molar-refractivity contribution in [2.75, 3.05) is 13.1 Å². The molecule has 1 aliphatic carbocycles. The average molecular weight is 179 g/mol. The maximum Gasteiger partial charge on any atom is -0.00461 e. The SMILES string of the molecule is CC1=C(C)C(C2CCNCC2)CC1. The zero-order valence-electron chi connectivity index (χ0n) is 8.90. The largest absolute Gasteiger partial charge is 0.317 e. The van der Waals surface area contributed by atoms with Gasteiger partial charge in [0.15, 0.2) is 0 Å². The van der Waals surface area contributed by atoms with Crippen molar-refractivity contribution in [2.45, 2.75) is 39.5 Å². The van der Waals surface area contributed by atoms with Crippen molar-refractivity contribution < 1.29 is 0 Å². The lowest BCUT2D eigenvalue weighted by Gasteiger charge is -2.29. The van der Waals surface area contributed by atoms with Crippen LogP contribution in [0.25, 0.3) is 0 Å². The molecular formula is C12H21N. The third-order valence-corrected chi connectivity index (χ3v) is 4.01. The molecule has 1 atom stereocenters. The Morgan fingerprint density at radius 1 is 1.08 bits per heavy atom. The molecule has 1 heterocycles. The summed E-state index contributed by atoms with van der Waals surface area (Å²) in [4.78, 5) is 0. The van der Waals surface area contributed by atoms with Crippen LogP contribution in [0.4, 0.5) is 0 Å². The minimum Gasteiger partial charge on any atom is -0.317 e. The van der Waals surface area contributed by atoms with Gasteiger partial charge in [0.2, 0.25) is 0 Å². The van der Waals surface area contributed by atoms with Gasteiger partial charge in [-0.15, -0.1) is 0 Å². The molecule has 1 fully saturated rings. The molecule has 2 rings (SSSR count). The molecule has 0 aromatic carbocycles. The molecule has 0 bridgehead atoms. The molecule has 0 radical (unpaired) electrons. The van der Waals surface area contributed by atoms with E-state index in [-0.39, 0.29) is 0 Å². The van der Waals surface area contributed by atoms with Gasteiger partial charge in [0.05, 0.1) is 0 Å². The Morgan fingerprint density at radius 3 is 2.31 bits per heavy atom.